The predicted octanol–water partition coefficient (Wildman–Crippen LogP) is 4.50. The van der Waals surface area contributed by atoms with Gasteiger partial charge in [-0.25, -0.2) is 9.59 Å². The summed E-state index contributed by atoms with van der Waals surface area (Å²) in [5.41, 5.74) is -3.87. The van der Waals surface area contributed by atoms with E-state index in [9.17, 15) is 78.8 Å². The van der Waals surface area contributed by atoms with Gasteiger partial charge in [-0.3, -0.25) is 18.5 Å². The summed E-state index contributed by atoms with van der Waals surface area (Å²) in [4.78, 5) is 33.9. The van der Waals surface area contributed by atoms with Crippen molar-refractivity contribution in [3.63, 3.8) is 0 Å². The van der Waals surface area contributed by atoms with Crippen LogP contribution in [0, 0.1) is 0 Å². The number of carboxylic acid groups (broad SMARTS) is 2. The number of carbonyl (C=O) groups is 3. The van der Waals surface area contributed by atoms with Gasteiger partial charge in [-0.05, 0) is 54.6 Å². The van der Waals surface area contributed by atoms with Crippen molar-refractivity contribution in [3.05, 3.63) is 84.4 Å². The van der Waals surface area contributed by atoms with Crippen LogP contribution in [0.5, 0.6) is 17.2 Å². The van der Waals surface area contributed by atoms with Gasteiger partial charge in [0, 0.05) is 22.9 Å². The number of hydrogen-bond donors (Lipinski definition) is 8. The number of ether oxygens (including phenoxy) is 2. The Morgan fingerprint density at radius 1 is 0.657 bits per heavy atom. The highest BCUT2D eigenvalue weighted by molar-refractivity contribution is 7.86. The molecule has 5 aromatic rings. The molecule has 1 amide bonds. The Bertz CT molecular complexity index is 3310. The highest BCUT2D eigenvalue weighted by atomic mass is 32.2. The first-order chi connectivity index (χ1) is 31.5. The molecule has 1 aliphatic rings. The lowest BCUT2D eigenvalue weighted by molar-refractivity contribution is -0.130. The second-order valence-electron chi connectivity index (χ2n) is 13.2. The van der Waals surface area contributed by atoms with Gasteiger partial charge in [0.2, 0.25) is 6.04 Å². The molecule has 5 aromatic carbocycles. The molecule has 0 saturated heterocycles. The second kappa shape index (κ2) is 19.4. The lowest BCUT2D eigenvalue weighted by Crippen LogP contribution is -2.33. The third kappa shape index (κ3) is 10.7. The number of nitrogens with zero attached hydrogens (tertiary/aromatic N) is 8. The summed E-state index contributed by atoms with van der Waals surface area (Å²) in [5.74, 6) is -5.98. The zero-order chi connectivity index (χ0) is 49.0. The van der Waals surface area contributed by atoms with Crippen molar-refractivity contribution >= 4 is 98.8 Å². The number of azo groups is 3. The molecule has 1 atom stereocenters. The number of aliphatic hydroxyl groups excluding tert-OH is 2. The van der Waals surface area contributed by atoms with Crippen molar-refractivity contribution < 1.29 is 88.3 Å². The minimum Gasteiger partial charge on any atom is -0.505 e. The summed E-state index contributed by atoms with van der Waals surface area (Å²) >= 11 is 0. The van der Waals surface area contributed by atoms with Gasteiger partial charge in [0.25, 0.3) is 36.3 Å². The lowest BCUT2D eigenvalue weighted by atomic mass is 10.1. The largest absolute Gasteiger partial charge is 0.505 e. The molecular weight excluding hydrogens is 957 g/mol. The third-order valence-corrected chi connectivity index (χ3v) is 11.6. The fraction of sp³-hybridized carbons (Fsp3) is 0.135. The summed E-state index contributed by atoms with van der Waals surface area (Å²) < 4.78 is 115. The summed E-state index contributed by atoms with van der Waals surface area (Å²) in [5, 5.41) is 75.4. The van der Waals surface area contributed by atoms with Crippen LogP contribution in [0.25, 0.3) is 10.8 Å². The molecule has 350 valence electrons. The summed E-state index contributed by atoms with van der Waals surface area (Å²) in [6.45, 7) is -1.82. The number of aromatic carboxylic acids is 1. The van der Waals surface area contributed by atoms with Gasteiger partial charge in [0.15, 0.2) is 11.5 Å². The van der Waals surface area contributed by atoms with Crippen LogP contribution in [0.4, 0.5) is 34.1 Å². The van der Waals surface area contributed by atoms with Gasteiger partial charge in [-0.1, -0.05) is 12.1 Å². The number of hydrazone groups is 1. The van der Waals surface area contributed by atoms with Gasteiger partial charge in [-0.15, -0.1) is 20.5 Å². The first-order valence-corrected chi connectivity index (χ1v) is 22.6. The first-order valence-electron chi connectivity index (χ1n) is 18.3. The van der Waals surface area contributed by atoms with Crippen molar-refractivity contribution in [2.45, 2.75) is 20.7 Å². The number of anilines is 1. The van der Waals surface area contributed by atoms with Crippen LogP contribution < -0.4 is 14.5 Å². The van der Waals surface area contributed by atoms with Crippen LogP contribution in [0.2, 0.25) is 0 Å². The Labute approximate surface area is 375 Å². The molecule has 0 aromatic heterocycles. The number of fused-ring (bicyclic) bond motifs is 1. The van der Waals surface area contributed by atoms with E-state index in [4.69, 9.17) is 9.47 Å². The number of rotatable bonds is 18. The maximum atomic E-state index is 13.3. The number of phenols is 1. The van der Waals surface area contributed by atoms with E-state index in [1.165, 1.54) is 24.3 Å². The number of amides is 1. The highest BCUT2D eigenvalue weighted by Gasteiger charge is 2.41. The topological polar surface area (TPSA) is 424 Å². The number of hydrogen-bond acceptors (Lipinski definition) is 21. The second-order valence-corrected chi connectivity index (χ2v) is 17.4. The van der Waals surface area contributed by atoms with Crippen molar-refractivity contribution in [1.82, 2.24) is 0 Å². The van der Waals surface area contributed by atoms with E-state index in [-0.39, 0.29) is 46.4 Å². The van der Waals surface area contributed by atoms with Crippen LogP contribution in [-0.2, 0) is 39.9 Å². The number of aliphatic hydroxyl groups is 2. The van der Waals surface area contributed by atoms with Crippen molar-refractivity contribution in [3.8, 4) is 17.2 Å². The predicted molar refractivity (Wildman–Crippen MR) is 226 cm³/mol. The smallest absolute Gasteiger partial charge is 0.355 e. The van der Waals surface area contributed by atoms with Crippen LogP contribution in [0.3, 0.4) is 0 Å². The normalized spacial score (nSPS) is 14.7. The Hall–Kier alpha value is -7.71. The molecule has 8 N–H and O–H groups in total. The van der Waals surface area contributed by atoms with Gasteiger partial charge in [-0.2, -0.15) is 45.6 Å². The molecule has 30 heteroatoms. The Balaban J connectivity index is 1.45. The Morgan fingerprint density at radius 2 is 1.24 bits per heavy atom. The molecule has 27 nitrogen and oxygen atoms in total. The number of benzene rings is 5. The Kier molecular flexibility index (Phi) is 14.1. The minimum atomic E-state index is -5.55. The van der Waals surface area contributed by atoms with Crippen molar-refractivity contribution in [2.24, 2.45) is 35.8 Å². The molecule has 67 heavy (non-hydrogen) atoms. The number of carbonyl (C=O) groups excluding carboxylic acids is 1. The first kappa shape index (κ1) is 48.7. The fourth-order valence-corrected chi connectivity index (χ4v) is 7.94. The molecule has 0 spiro atoms. The molecule has 0 saturated carbocycles. The molecule has 1 unspecified atom stereocenters. The monoisotopic (exact) mass is 986 g/mol. The zero-order valence-electron chi connectivity index (χ0n) is 33.3. The molecule has 0 radical (unpaired) electrons. The molecule has 1 aliphatic heterocycles. The maximum Gasteiger partial charge on any atom is 0.355 e. The van der Waals surface area contributed by atoms with E-state index in [1.807, 2.05) is 0 Å². The SMILES string of the molecule is O=C(O)C1=NN(c2ccc(S(=O)(=O)O)cc2)C(=O)C1N=Nc1ccc2c(O)c(N=Nc3cc(OCCO)c(N=Nc4ccccc4C(=O)O)cc3OCCO)c(S(=O)(=O)O)cc2c1S(=O)(=O)O. The number of aromatic hydroxyl groups is 1. The van der Waals surface area contributed by atoms with E-state index in [0.717, 1.165) is 48.5 Å². The van der Waals surface area contributed by atoms with E-state index in [0.29, 0.717) is 11.1 Å². The van der Waals surface area contributed by atoms with E-state index in [1.54, 1.807) is 0 Å². The molecule has 6 rings (SSSR count). The molecule has 0 fully saturated rings. The molecule has 1 heterocycles. The molecular formula is C37H30N8O19S3. The summed E-state index contributed by atoms with van der Waals surface area (Å²) in [6, 6.07) is 11.5. The number of carboxylic acids is 2. The minimum absolute atomic E-state index is 0.0783. The van der Waals surface area contributed by atoms with Gasteiger partial charge in [0.05, 0.1) is 29.4 Å². The van der Waals surface area contributed by atoms with Crippen LogP contribution in [0.15, 0.2) is 129 Å². The average molecular weight is 987 g/mol. The van der Waals surface area contributed by atoms with E-state index in [2.05, 4.69) is 35.8 Å². The zero-order valence-corrected chi connectivity index (χ0v) is 35.7. The standard InChI is InChI=1S/C37H30N8O19S3/c46-11-13-63-27-17-26(28(64-14-12-47)16-25(27)40-38-23-4-2-1-3-21(23)36(50)51)41-42-30-29(66(57,58)59)15-22-20(33(30)48)9-10-24(34(22)67(60,61)62)39-43-31-32(37(52)53)44-45(35(31)49)18-5-7-19(8-6-18)65(54,55)56/h1-10,15-17,31,46-48H,11-14H2,(H,50,51)(H,52,53)(H,54,55,56)(H,57,58,59)(H,60,61,62). The van der Waals surface area contributed by atoms with Crippen molar-refractivity contribution in [1.29, 1.82) is 0 Å². The quantitative estimate of drug-likeness (QED) is 0.0442. The van der Waals surface area contributed by atoms with E-state index >= 15 is 0 Å². The molecule has 0 aliphatic carbocycles. The molecule has 0 bridgehead atoms. The third-order valence-electron chi connectivity index (χ3n) is 8.88. The van der Waals surface area contributed by atoms with Gasteiger partial charge < -0.3 is 35.0 Å². The number of aliphatic carboxylic acids is 1. The van der Waals surface area contributed by atoms with Gasteiger partial charge >= 0.3 is 11.9 Å². The van der Waals surface area contributed by atoms with E-state index < -0.39 is 122 Å². The van der Waals surface area contributed by atoms with Crippen LogP contribution in [0.1, 0.15) is 10.4 Å². The Morgan fingerprint density at radius 3 is 1.78 bits per heavy atom. The summed E-state index contributed by atoms with van der Waals surface area (Å²) in [7, 11) is -15.7. The van der Waals surface area contributed by atoms with Crippen LogP contribution in [-0.4, -0.2) is 120 Å². The maximum absolute atomic E-state index is 13.3. The fourth-order valence-electron chi connectivity index (χ4n) is 5.99. The van der Waals surface area contributed by atoms with Gasteiger partial charge in [0.1, 0.15) is 62.9 Å². The number of phenolic OH excluding ortho intramolecular Hbond substituents is 1. The summed E-state index contributed by atoms with van der Waals surface area (Å²) in [6.07, 6.45) is 0. The lowest BCUT2D eigenvalue weighted by Gasteiger charge is -2.14. The van der Waals surface area contributed by atoms with Crippen LogP contribution >= 0.6 is 0 Å². The highest BCUT2D eigenvalue weighted by Crippen LogP contribution is 2.47. The van der Waals surface area contributed by atoms with Crippen molar-refractivity contribution in [2.75, 3.05) is 31.4 Å². The average Bonchev–Trinajstić information content (AvgIpc) is 3.60.